The lowest BCUT2D eigenvalue weighted by Gasteiger charge is -2.33. The van der Waals surface area contributed by atoms with Crippen molar-refractivity contribution in [2.24, 2.45) is 5.92 Å². The number of carbonyl (C=O) groups excluding carboxylic acids is 1. The molecule has 0 unspecified atom stereocenters. The standard InChI is InChI=1S/C30H35N3O.C2H6.H2/c1-4-22-13-15-33(16-14-22)27-12-11-24(21(2)17-27)18-26-19-25-10-9-23-7-5-6-8-28(23)30(34)32(3)29(25)20-31-26;1-2;/h5-8,11-12,17,19-20,22H,4,9-10,13-16,18H2,1-3H3;1-2H3;1H. The molecule has 2 aliphatic rings. The molecule has 0 radical (unpaired) electrons. The van der Waals surface area contributed by atoms with Gasteiger partial charge in [-0.3, -0.25) is 9.78 Å². The average Bonchev–Trinajstić information content (AvgIpc) is 2.93. The van der Waals surface area contributed by atoms with E-state index >= 15 is 0 Å². The summed E-state index contributed by atoms with van der Waals surface area (Å²) in [5, 5.41) is 0. The van der Waals surface area contributed by atoms with Crippen LogP contribution in [0, 0.1) is 12.8 Å². The van der Waals surface area contributed by atoms with Crippen LogP contribution in [-0.2, 0) is 19.3 Å². The largest absolute Gasteiger partial charge is 0.372 e. The maximum Gasteiger partial charge on any atom is 0.258 e. The molecule has 2 aromatic carbocycles. The van der Waals surface area contributed by atoms with Crippen LogP contribution in [0.25, 0.3) is 0 Å². The number of hydrogen-bond donors (Lipinski definition) is 0. The molecule has 1 saturated heterocycles. The normalized spacial score (nSPS) is 15.9. The van der Waals surface area contributed by atoms with Crippen molar-refractivity contribution in [1.82, 2.24) is 4.98 Å². The van der Waals surface area contributed by atoms with Gasteiger partial charge in [-0.05, 0) is 85.0 Å². The number of aromatic nitrogens is 1. The van der Waals surface area contributed by atoms with E-state index in [1.54, 1.807) is 4.90 Å². The molecule has 36 heavy (non-hydrogen) atoms. The Morgan fingerprint density at radius 3 is 2.44 bits per heavy atom. The number of hydrogen-bond acceptors (Lipinski definition) is 3. The third-order valence-electron chi connectivity index (χ3n) is 7.85. The van der Waals surface area contributed by atoms with Crippen molar-refractivity contribution >= 4 is 17.3 Å². The quantitative estimate of drug-likeness (QED) is 0.390. The van der Waals surface area contributed by atoms with E-state index in [1.807, 2.05) is 45.3 Å². The van der Waals surface area contributed by atoms with Gasteiger partial charge in [-0.25, -0.2) is 0 Å². The van der Waals surface area contributed by atoms with Gasteiger partial charge in [0.2, 0.25) is 0 Å². The highest BCUT2D eigenvalue weighted by atomic mass is 16.2. The van der Waals surface area contributed by atoms with E-state index in [4.69, 9.17) is 4.98 Å². The zero-order chi connectivity index (χ0) is 25.7. The van der Waals surface area contributed by atoms with Gasteiger partial charge in [-0.1, -0.05) is 51.5 Å². The Morgan fingerprint density at radius 1 is 1.00 bits per heavy atom. The molecule has 3 heterocycles. The molecule has 0 spiro atoms. The Hall–Kier alpha value is -3.14. The van der Waals surface area contributed by atoms with Crippen LogP contribution in [0.15, 0.2) is 54.7 Å². The van der Waals surface area contributed by atoms with Crippen molar-refractivity contribution in [2.45, 2.75) is 66.2 Å². The SMILES string of the molecule is CC.CCC1CCN(c2ccc(Cc3cc4c(cn3)N(C)C(=O)c3ccccc3CC4)c(C)c2)CC1.[HH]. The Morgan fingerprint density at radius 2 is 1.72 bits per heavy atom. The number of fused-ring (bicyclic) bond motifs is 2. The maximum absolute atomic E-state index is 13.1. The third-order valence-corrected chi connectivity index (χ3v) is 7.85. The fourth-order valence-corrected chi connectivity index (χ4v) is 5.51. The molecule has 4 nitrogen and oxygen atoms in total. The van der Waals surface area contributed by atoms with E-state index in [1.165, 1.54) is 54.7 Å². The van der Waals surface area contributed by atoms with Crippen LogP contribution in [0.1, 0.15) is 79.8 Å². The number of nitrogens with zero attached hydrogens (tertiary/aromatic N) is 3. The van der Waals surface area contributed by atoms with E-state index in [9.17, 15) is 4.79 Å². The minimum Gasteiger partial charge on any atom is -0.372 e. The Balaban J connectivity index is 0.00000124. The van der Waals surface area contributed by atoms with Gasteiger partial charge in [0.25, 0.3) is 5.91 Å². The van der Waals surface area contributed by atoms with Gasteiger partial charge in [0.15, 0.2) is 0 Å². The number of rotatable bonds is 4. The van der Waals surface area contributed by atoms with Crippen LogP contribution < -0.4 is 9.80 Å². The van der Waals surface area contributed by atoms with Gasteiger partial charge in [-0.2, -0.15) is 0 Å². The van der Waals surface area contributed by atoms with Gasteiger partial charge >= 0.3 is 0 Å². The summed E-state index contributed by atoms with van der Waals surface area (Å²) in [5.74, 6) is 0.934. The maximum atomic E-state index is 13.1. The van der Waals surface area contributed by atoms with Gasteiger partial charge in [0, 0.05) is 44.9 Å². The minimum atomic E-state index is 0. The number of benzene rings is 2. The van der Waals surface area contributed by atoms with Crippen LogP contribution in [-0.4, -0.2) is 31.0 Å². The molecule has 0 bridgehead atoms. The summed E-state index contributed by atoms with van der Waals surface area (Å²) in [6, 6.07) is 17.1. The average molecular weight is 486 g/mol. The van der Waals surface area contributed by atoms with Crippen molar-refractivity contribution in [3.63, 3.8) is 0 Å². The molecule has 2 aliphatic heterocycles. The second kappa shape index (κ2) is 11.7. The Labute approximate surface area is 218 Å². The molecular formula is C32H43N3O. The molecule has 1 amide bonds. The summed E-state index contributed by atoms with van der Waals surface area (Å²) in [6.07, 6.45) is 8.38. The van der Waals surface area contributed by atoms with Crippen LogP contribution >= 0.6 is 0 Å². The lowest BCUT2D eigenvalue weighted by molar-refractivity contribution is 0.0991. The summed E-state index contributed by atoms with van der Waals surface area (Å²) in [7, 11) is 1.86. The van der Waals surface area contributed by atoms with Crippen LogP contribution in [0.5, 0.6) is 0 Å². The lowest BCUT2D eigenvalue weighted by atomic mass is 9.93. The summed E-state index contributed by atoms with van der Waals surface area (Å²) in [4.78, 5) is 22.1. The van der Waals surface area contributed by atoms with Gasteiger partial charge in [-0.15, -0.1) is 0 Å². The molecule has 4 heteroatoms. The second-order valence-electron chi connectivity index (χ2n) is 9.95. The van der Waals surface area contributed by atoms with Crippen molar-refractivity contribution < 1.29 is 6.22 Å². The van der Waals surface area contributed by atoms with Crippen molar-refractivity contribution in [3.05, 3.63) is 88.2 Å². The predicted octanol–water partition coefficient (Wildman–Crippen LogP) is 7.25. The van der Waals surface area contributed by atoms with Gasteiger partial charge in [0.05, 0.1) is 11.9 Å². The second-order valence-corrected chi connectivity index (χ2v) is 9.95. The fraction of sp³-hybridized carbons (Fsp3) is 0.438. The highest BCUT2D eigenvalue weighted by Crippen LogP contribution is 2.30. The van der Waals surface area contributed by atoms with Crippen LogP contribution in [0.2, 0.25) is 0 Å². The summed E-state index contributed by atoms with van der Waals surface area (Å²) >= 11 is 0. The molecular weight excluding hydrogens is 442 g/mol. The van der Waals surface area contributed by atoms with Crippen LogP contribution in [0.4, 0.5) is 11.4 Å². The summed E-state index contributed by atoms with van der Waals surface area (Å²) < 4.78 is 0. The van der Waals surface area contributed by atoms with Gasteiger partial charge < -0.3 is 9.80 Å². The molecule has 0 saturated carbocycles. The number of anilines is 2. The molecule has 192 valence electrons. The topological polar surface area (TPSA) is 36.4 Å². The number of aryl methyl sites for hydroxylation is 3. The van der Waals surface area contributed by atoms with E-state index < -0.39 is 0 Å². The first-order valence-electron chi connectivity index (χ1n) is 13.7. The molecule has 1 fully saturated rings. The minimum absolute atomic E-state index is 0. The fourth-order valence-electron chi connectivity index (χ4n) is 5.51. The first-order valence-corrected chi connectivity index (χ1v) is 13.7. The molecule has 0 aliphatic carbocycles. The van der Waals surface area contributed by atoms with E-state index in [0.717, 1.165) is 47.7 Å². The number of piperidine rings is 1. The highest BCUT2D eigenvalue weighted by molar-refractivity contribution is 6.07. The highest BCUT2D eigenvalue weighted by Gasteiger charge is 2.23. The molecule has 0 atom stereocenters. The third kappa shape index (κ3) is 5.48. The summed E-state index contributed by atoms with van der Waals surface area (Å²) in [6.45, 7) is 10.9. The first-order chi connectivity index (χ1) is 17.5. The monoisotopic (exact) mass is 485 g/mol. The number of carbonyl (C=O) groups is 1. The lowest BCUT2D eigenvalue weighted by Crippen LogP contribution is -2.33. The molecule has 1 aromatic heterocycles. The van der Waals surface area contributed by atoms with E-state index in [0.29, 0.717) is 0 Å². The molecule has 0 N–H and O–H groups in total. The molecule has 3 aromatic rings. The zero-order valence-corrected chi connectivity index (χ0v) is 22.7. The van der Waals surface area contributed by atoms with E-state index in [-0.39, 0.29) is 7.33 Å². The Kier molecular flexibility index (Phi) is 8.45. The zero-order valence-electron chi connectivity index (χ0n) is 22.7. The molecule has 5 rings (SSSR count). The van der Waals surface area contributed by atoms with Gasteiger partial charge in [0.1, 0.15) is 0 Å². The predicted molar refractivity (Wildman–Crippen MR) is 153 cm³/mol. The summed E-state index contributed by atoms with van der Waals surface area (Å²) in [5.41, 5.74) is 9.10. The van der Waals surface area contributed by atoms with Crippen molar-refractivity contribution in [2.75, 3.05) is 29.9 Å². The van der Waals surface area contributed by atoms with E-state index in [2.05, 4.69) is 49.1 Å². The van der Waals surface area contributed by atoms with Crippen LogP contribution in [0.3, 0.4) is 0 Å². The Bertz CT molecular complexity index is 1200. The number of pyridine rings is 1. The number of amides is 1. The first kappa shape index (κ1) is 25.9. The van der Waals surface area contributed by atoms with Crippen molar-refractivity contribution in [3.8, 4) is 0 Å². The van der Waals surface area contributed by atoms with Crippen molar-refractivity contribution in [1.29, 1.82) is 0 Å². The smallest absolute Gasteiger partial charge is 0.258 e.